The number of carbonyl (C=O) groups is 1. The Bertz CT molecular complexity index is 261. The molecule has 3 heteroatoms. The Balaban J connectivity index is 2.19. The molecule has 0 aliphatic heterocycles. The fraction of sp³-hybridized carbons (Fsp3) is 0.769. The summed E-state index contributed by atoms with van der Waals surface area (Å²) in [6.45, 7) is 7.97. The first-order valence-electron chi connectivity index (χ1n) is 6.15. The lowest BCUT2D eigenvalue weighted by Crippen LogP contribution is -2.31. The molecular weight excluding hydrogens is 202 g/mol. The number of nitrogens with one attached hydrogen (secondary N) is 1. The quantitative estimate of drug-likeness (QED) is 0.575. The molecular formula is C13H23NO2. The van der Waals surface area contributed by atoms with E-state index in [0.29, 0.717) is 25.0 Å². The van der Waals surface area contributed by atoms with Crippen LogP contribution in [0.1, 0.15) is 33.6 Å². The highest BCUT2D eigenvalue weighted by Gasteiger charge is 2.17. The first-order valence-corrected chi connectivity index (χ1v) is 6.15. The van der Waals surface area contributed by atoms with E-state index in [1.54, 1.807) is 0 Å². The Morgan fingerprint density at radius 1 is 1.62 bits per heavy atom. The monoisotopic (exact) mass is 225 g/mol. The molecule has 0 fully saturated rings. The maximum absolute atomic E-state index is 11.1. The molecule has 1 aliphatic carbocycles. The Hall–Kier alpha value is -0.830. The summed E-state index contributed by atoms with van der Waals surface area (Å²) >= 11 is 0. The molecule has 0 aromatic heterocycles. The molecule has 1 N–H and O–H groups in total. The van der Waals surface area contributed by atoms with Crippen molar-refractivity contribution in [2.45, 2.75) is 33.6 Å². The average Bonchev–Trinajstić information content (AvgIpc) is 2.16. The molecule has 1 aliphatic rings. The van der Waals surface area contributed by atoms with Crippen molar-refractivity contribution in [3.05, 3.63) is 11.6 Å². The van der Waals surface area contributed by atoms with Crippen molar-refractivity contribution in [3.63, 3.8) is 0 Å². The van der Waals surface area contributed by atoms with E-state index in [9.17, 15) is 4.79 Å². The zero-order chi connectivity index (χ0) is 12.0. The highest BCUT2D eigenvalue weighted by molar-refractivity contribution is 5.71. The molecule has 0 bridgehead atoms. The summed E-state index contributed by atoms with van der Waals surface area (Å²) in [6, 6.07) is 0. The highest BCUT2D eigenvalue weighted by atomic mass is 16.5. The van der Waals surface area contributed by atoms with Gasteiger partial charge in [-0.3, -0.25) is 4.79 Å². The van der Waals surface area contributed by atoms with Crippen molar-refractivity contribution in [3.8, 4) is 0 Å². The third-order valence-corrected chi connectivity index (χ3v) is 2.89. The normalized spacial score (nSPS) is 25.1. The third-order valence-electron chi connectivity index (χ3n) is 2.89. The summed E-state index contributed by atoms with van der Waals surface area (Å²) in [5.74, 6) is 1.18. The second kappa shape index (κ2) is 6.69. The van der Waals surface area contributed by atoms with Crippen LogP contribution < -0.4 is 5.32 Å². The summed E-state index contributed by atoms with van der Waals surface area (Å²) < 4.78 is 4.86. The van der Waals surface area contributed by atoms with Crippen molar-refractivity contribution in [2.24, 2.45) is 11.8 Å². The van der Waals surface area contributed by atoms with E-state index in [1.165, 1.54) is 12.0 Å². The van der Waals surface area contributed by atoms with Gasteiger partial charge in [0.1, 0.15) is 0 Å². The van der Waals surface area contributed by atoms with Crippen molar-refractivity contribution in [1.82, 2.24) is 5.32 Å². The molecule has 0 heterocycles. The average molecular weight is 225 g/mol. The van der Waals surface area contributed by atoms with Gasteiger partial charge in [0.25, 0.3) is 0 Å². The first kappa shape index (κ1) is 13.2. The summed E-state index contributed by atoms with van der Waals surface area (Å²) in [6.07, 6.45) is 4.72. The topological polar surface area (TPSA) is 38.3 Å². The van der Waals surface area contributed by atoms with Crippen LogP contribution in [0.5, 0.6) is 0 Å². The molecule has 0 spiro atoms. The lowest BCUT2D eigenvalue weighted by Gasteiger charge is -2.25. The van der Waals surface area contributed by atoms with Crippen LogP contribution >= 0.6 is 0 Å². The predicted molar refractivity (Wildman–Crippen MR) is 65.1 cm³/mol. The minimum Gasteiger partial charge on any atom is -0.465 e. The zero-order valence-electron chi connectivity index (χ0n) is 10.6. The van der Waals surface area contributed by atoms with E-state index in [1.807, 2.05) is 6.92 Å². The fourth-order valence-corrected chi connectivity index (χ4v) is 2.43. The van der Waals surface area contributed by atoms with Crippen molar-refractivity contribution in [2.75, 3.05) is 19.7 Å². The Morgan fingerprint density at radius 3 is 3.00 bits per heavy atom. The Labute approximate surface area is 98.2 Å². The van der Waals surface area contributed by atoms with Crippen LogP contribution in [0.25, 0.3) is 0 Å². The maximum atomic E-state index is 11.1. The molecule has 0 saturated heterocycles. The molecule has 16 heavy (non-hydrogen) atoms. The molecule has 2 atom stereocenters. The number of rotatable bonds is 5. The van der Waals surface area contributed by atoms with Gasteiger partial charge in [-0.2, -0.15) is 0 Å². The van der Waals surface area contributed by atoms with Crippen molar-refractivity contribution >= 4 is 5.97 Å². The maximum Gasteiger partial charge on any atom is 0.319 e. The third kappa shape index (κ3) is 4.79. The summed E-state index contributed by atoms with van der Waals surface area (Å²) in [5.41, 5.74) is 1.47. The molecule has 2 unspecified atom stereocenters. The Morgan fingerprint density at radius 2 is 2.38 bits per heavy atom. The second-order valence-electron chi connectivity index (χ2n) is 4.73. The first-order chi connectivity index (χ1) is 7.61. The Kier molecular flexibility index (Phi) is 5.53. The largest absolute Gasteiger partial charge is 0.465 e. The van der Waals surface area contributed by atoms with Crippen LogP contribution in [-0.2, 0) is 9.53 Å². The van der Waals surface area contributed by atoms with Crippen LogP contribution in [0, 0.1) is 11.8 Å². The second-order valence-corrected chi connectivity index (χ2v) is 4.73. The number of carbonyl (C=O) groups excluding carboxylic acids is 1. The minimum atomic E-state index is -0.154. The predicted octanol–water partition coefficient (Wildman–Crippen LogP) is 2.13. The highest BCUT2D eigenvalue weighted by Crippen LogP contribution is 2.26. The summed E-state index contributed by atoms with van der Waals surface area (Å²) in [5, 5.41) is 3.18. The molecule has 0 amide bonds. The number of hydrogen-bond donors (Lipinski definition) is 1. The van der Waals surface area contributed by atoms with E-state index in [-0.39, 0.29) is 5.97 Å². The SMILES string of the molecule is CCOC(=O)CNCC1CC(C)=CC(C)C1. The standard InChI is InChI=1S/C13H23NO2/c1-4-16-13(15)9-14-8-12-6-10(2)5-11(3)7-12/h5,10,12,14H,4,6-9H2,1-3H3. The smallest absolute Gasteiger partial charge is 0.319 e. The molecule has 0 radical (unpaired) electrons. The summed E-state index contributed by atoms with van der Waals surface area (Å²) in [4.78, 5) is 11.1. The number of esters is 1. The van der Waals surface area contributed by atoms with Gasteiger partial charge in [0.15, 0.2) is 0 Å². The van der Waals surface area contributed by atoms with Gasteiger partial charge in [-0.25, -0.2) is 0 Å². The van der Waals surface area contributed by atoms with E-state index in [4.69, 9.17) is 4.74 Å². The molecule has 3 nitrogen and oxygen atoms in total. The van der Waals surface area contributed by atoms with Gasteiger partial charge < -0.3 is 10.1 Å². The van der Waals surface area contributed by atoms with E-state index >= 15 is 0 Å². The lowest BCUT2D eigenvalue weighted by molar-refractivity contribution is -0.142. The molecule has 1 rings (SSSR count). The molecule has 0 aromatic rings. The molecule has 0 saturated carbocycles. The van der Waals surface area contributed by atoms with Gasteiger partial charge in [0, 0.05) is 0 Å². The number of ether oxygens (including phenoxy) is 1. The van der Waals surface area contributed by atoms with Gasteiger partial charge in [-0.15, -0.1) is 0 Å². The van der Waals surface area contributed by atoms with Gasteiger partial charge in [-0.05, 0) is 45.1 Å². The number of allylic oxidation sites excluding steroid dienone is 2. The molecule has 92 valence electrons. The van der Waals surface area contributed by atoms with E-state index in [2.05, 4.69) is 25.2 Å². The van der Waals surface area contributed by atoms with Gasteiger partial charge in [0.05, 0.1) is 13.2 Å². The van der Waals surface area contributed by atoms with Crippen molar-refractivity contribution < 1.29 is 9.53 Å². The van der Waals surface area contributed by atoms with Crippen molar-refractivity contribution in [1.29, 1.82) is 0 Å². The van der Waals surface area contributed by atoms with Gasteiger partial charge >= 0.3 is 5.97 Å². The fourth-order valence-electron chi connectivity index (χ4n) is 2.43. The van der Waals surface area contributed by atoms with Crippen LogP contribution in [0.4, 0.5) is 0 Å². The van der Waals surface area contributed by atoms with E-state index in [0.717, 1.165) is 13.0 Å². The van der Waals surface area contributed by atoms with E-state index < -0.39 is 0 Å². The van der Waals surface area contributed by atoms with Crippen LogP contribution in [-0.4, -0.2) is 25.7 Å². The van der Waals surface area contributed by atoms with Crippen LogP contribution in [0.3, 0.4) is 0 Å². The molecule has 0 aromatic carbocycles. The minimum absolute atomic E-state index is 0.154. The van der Waals surface area contributed by atoms with Gasteiger partial charge in [-0.1, -0.05) is 18.6 Å². The van der Waals surface area contributed by atoms with Crippen LogP contribution in [0.2, 0.25) is 0 Å². The van der Waals surface area contributed by atoms with Gasteiger partial charge in [0.2, 0.25) is 0 Å². The lowest BCUT2D eigenvalue weighted by atomic mass is 9.84. The summed E-state index contributed by atoms with van der Waals surface area (Å²) in [7, 11) is 0. The zero-order valence-corrected chi connectivity index (χ0v) is 10.6. The van der Waals surface area contributed by atoms with Crippen LogP contribution in [0.15, 0.2) is 11.6 Å². The number of hydrogen-bond acceptors (Lipinski definition) is 3.